The molecule has 0 fully saturated rings. The summed E-state index contributed by atoms with van der Waals surface area (Å²) in [5, 5.41) is 14.1. The van der Waals surface area contributed by atoms with Crippen LogP contribution in [0.3, 0.4) is 0 Å². The summed E-state index contributed by atoms with van der Waals surface area (Å²) in [5.41, 5.74) is -2.95. The lowest BCUT2D eigenvalue weighted by Crippen LogP contribution is -2.58. The first-order valence-corrected chi connectivity index (χ1v) is 7.27. The van der Waals surface area contributed by atoms with E-state index in [0.717, 1.165) is 0 Å². The Hall–Kier alpha value is -2.48. The number of allylic oxidation sites excluding steroid dienone is 1. The molecule has 1 aromatic rings. The molecule has 24 heavy (non-hydrogen) atoms. The third-order valence-electron chi connectivity index (χ3n) is 3.89. The van der Waals surface area contributed by atoms with Crippen molar-refractivity contribution < 1.29 is 23.1 Å². The van der Waals surface area contributed by atoms with Gasteiger partial charge in [0.05, 0.1) is 12.1 Å². The highest BCUT2D eigenvalue weighted by atomic mass is 19.4. The zero-order chi connectivity index (χ0) is 17.4. The highest BCUT2D eigenvalue weighted by Gasteiger charge is 2.63. The van der Waals surface area contributed by atoms with Gasteiger partial charge < -0.3 is 5.11 Å². The molecule has 2 unspecified atom stereocenters. The lowest BCUT2D eigenvalue weighted by atomic mass is 10.0. The Labute approximate surface area is 135 Å². The van der Waals surface area contributed by atoms with Gasteiger partial charge in [0.1, 0.15) is 6.04 Å². The van der Waals surface area contributed by atoms with Gasteiger partial charge in [-0.25, -0.2) is 0 Å². The number of halogens is 3. The van der Waals surface area contributed by atoms with Crippen LogP contribution in [0.4, 0.5) is 13.2 Å². The van der Waals surface area contributed by atoms with Gasteiger partial charge in [-0.05, 0) is 18.1 Å². The highest BCUT2D eigenvalue weighted by Crippen LogP contribution is 2.41. The van der Waals surface area contributed by atoms with Crippen molar-refractivity contribution in [2.24, 2.45) is 10.1 Å². The van der Waals surface area contributed by atoms with E-state index >= 15 is 0 Å². The number of hydrogen-bond acceptors (Lipinski definition) is 4. The molecular formula is C16H14F3N3O2. The Morgan fingerprint density at radius 1 is 1.29 bits per heavy atom. The van der Waals surface area contributed by atoms with Gasteiger partial charge in [0, 0.05) is 6.21 Å². The Bertz CT molecular complexity index is 728. The third kappa shape index (κ3) is 2.73. The molecule has 126 valence electrons. The lowest BCUT2D eigenvalue weighted by molar-refractivity contribution is -0.302. The third-order valence-corrected chi connectivity index (χ3v) is 3.89. The van der Waals surface area contributed by atoms with Gasteiger partial charge in [-0.1, -0.05) is 36.4 Å². The Morgan fingerprint density at radius 3 is 2.58 bits per heavy atom. The predicted octanol–water partition coefficient (Wildman–Crippen LogP) is 2.27. The van der Waals surface area contributed by atoms with E-state index in [1.54, 1.807) is 42.5 Å². The molecule has 2 aliphatic rings. The van der Waals surface area contributed by atoms with Crippen LogP contribution in [0.5, 0.6) is 0 Å². The van der Waals surface area contributed by atoms with E-state index in [4.69, 9.17) is 0 Å². The van der Waals surface area contributed by atoms with Gasteiger partial charge in [-0.3, -0.25) is 9.79 Å². The molecule has 1 N–H and O–H groups in total. The summed E-state index contributed by atoms with van der Waals surface area (Å²) in [6.07, 6.45) is -1.13. The number of hydrogen-bond donors (Lipinski definition) is 1. The second kappa shape index (κ2) is 5.86. The normalized spacial score (nSPS) is 26.6. The summed E-state index contributed by atoms with van der Waals surface area (Å²) in [5.74, 6) is -0.985. The van der Waals surface area contributed by atoms with Crippen LogP contribution in [0, 0.1) is 0 Å². The molecular weight excluding hydrogens is 323 g/mol. The van der Waals surface area contributed by atoms with Crippen LogP contribution in [0.25, 0.3) is 0 Å². The number of nitrogens with zero attached hydrogens (tertiary/aromatic N) is 3. The van der Waals surface area contributed by atoms with Gasteiger partial charge in [0.25, 0.3) is 11.6 Å². The molecule has 8 heteroatoms. The number of aliphatic imine (C=N–C) groups is 1. The van der Waals surface area contributed by atoms with Crippen molar-refractivity contribution in [1.29, 1.82) is 0 Å². The molecule has 1 aromatic carbocycles. The van der Waals surface area contributed by atoms with Crippen molar-refractivity contribution >= 4 is 17.8 Å². The predicted molar refractivity (Wildman–Crippen MR) is 81.5 cm³/mol. The number of benzene rings is 1. The van der Waals surface area contributed by atoms with Crippen molar-refractivity contribution in [1.82, 2.24) is 5.01 Å². The Morgan fingerprint density at radius 2 is 2.00 bits per heavy atom. The highest BCUT2D eigenvalue weighted by molar-refractivity contribution is 6.04. The van der Waals surface area contributed by atoms with E-state index in [2.05, 4.69) is 10.1 Å². The maximum absolute atomic E-state index is 13.4. The van der Waals surface area contributed by atoms with Crippen LogP contribution in [0.15, 0.2) is 52.6 Å². The van der Waals surface area contributed by atoms with Crippen molar-refractivity contribution in [3.8, 4) is 0 Å². The SMILES string of the molecule is O=C(C1CC=CC=N1)N1N=C(c2ccccc2)CC1(O)C(F)(F)F. The Kier molecular flexibility index (Phi) is 4.00. The average molecular weight is 337 g/mol. The number of carbonyl (C=O) groups is 1. The first-order valence-electron chi connectivity index (χ1n) is 7.27. The molecule has 0 saturated carbocycles. The second-order valence-corrected chi connectivity index (χ2v) is 5.53. The van der Waals surface area contributed by atoms with Crippen molar-refractivity contribution in [2.75, 3.05) is 0 Å². The first-order chi connectivity index (χ1) is 11.3. The summed E-state index contributed by atoms with van der Waals surface area (Å²) in [4.78, 5) is 16.3. The molecule has 3 rings (SSSR count). The number of rotatable bonds is 2. The second-order valence-electron chi connectivity index (χ2n) is 5.53. The minimum Gasteiger partial charge on any atom is -0.362 e. The van der Waals surface area contributed by atoms with Gasteiger partial charge in [-0.2, -0.15) is 23.3 Å². The zero-order valence-electron chi connectivity index (χ0n) is 12.4. The number of amides is 1. The molecule has 0 spiro atoms. The average Bonchev–Trinajstić information content (AvgIpc) is 2.95. The lowest BCUT2D eigenvalue weighted by Gasteiger charge is -2.33. The first kappa shape index (κ1) is 16.4. The number of alkyl halides is 3. The topological polar surface area (TPSA) is 65.3 Å². The fourth-order valence-corrected chi connectivity index (χ4v) is 2.58. The molecule has 5 nitrogen and oxygen atoms in total. The molecule has 2 atom stereocenters. The van der Waals surface area contributed by atoms with Gasteiger partial charge in [0.2, 0.25) is 0 Å². The monoisotopic (exact) mass is 337 g/mol. The summed E-state index contributed by atoms with van der Waals surface area (Å²) in [7, 11) is 0. The molecule has 0 aliphatic carbocycles. The van der Waals surface area contributed by atoms with Crippen molar-refractivity contribution in [3.05, 3.63) is 48.0 Å². The van der Waals surface area contributed by atoms with E-state index in [1.165, 1.54) is 6.21 Å². The number of dihydropyridines is 1. The maximum Gasteiger partial charge on any atom is 0.438 e. The quantitative estimate of drug-likeness (QED) is 0.900. The minimum absolute atomic E-state index is 0.000828. The van der Waals surface area contributed by atoms with E-state index in [9.17, 15) is 23.1 Å². The summed E-state index contributed by atoms with van der Waals surface area (Å²) in [6.45, 7) is 0. The molecule has 0 bridgehead atoms. The number of hydrazone groups is 1. The molecule has 0 radical (unpaired) electrons. The van der Waals surface area contributed by atoms with Crippen molar-refractivity contribution in [3.63, 3.8) is 0 Å². The van der Waals surface area contributed by atoms with Gasteiger partial charge in [0.15, 0.2) is 0 Å². The zero-order valence-corrected chi connectivity index (χ0v) is 12.4. The molecule has 2 heterocycles. The number of carbonyl (C=O) groups excluding carboxylic acids is 1. The van der Waals surface area contributed by atoms with Crippen LogP contribution in [0.1, 0.15) is 18.4 Å². The molecule has 0 aromatic heterocycles. The van der Waals surface area contributed by atoms with Crippen molar-refractivity contribution in [2.45, 2.75) is 30.8 Å². The molecule has 1 amide bonds. The largest absolute Gasteiger partial charge is 0.438 e. The van der Waals surface area contributed by atoms with Gasteiger partial charge >= 0.3 is 6.18 Å². The number of aliphatic hydroxyl groups is 1. The van der Waals surface area contributed by atoms with E-state index in [1.807, 2.05) is 0 Å². The van der Waals surface area contributed by atoms with E-state index in [-0.39, 0.29) is 17.1 Å². The van der Waals surface area contributed by atoms with Crippen LogP contribution in [-0.4, -0.2) is 45.9 Å². The van der Waals surface area contributed by atoms with E-state index < -0.39 is 30.3 Å². The van der Waals surface area contributed by atoms with E-state index in [0.29, 0.717) is 5.56 Å². The summed E-state index contributed by atoms with van der Waals surface area (Å²) in [6, 6.07) is 7.12. The Balaban J connectivity index is 1.98. The van der Waals surface area contributed by atoms with Crippen LogP contribution in [-0.2, 0) is 4.79 Å². The van der Waals surface area contributed by atoms with Crippen LogP contribution in [0.2, 0.25) is 0 Å². The smallest absolute Gasteiger partial charge is 0.362 e. The van der Waals surface area contributed by atoms with Crippen LogP contribution < -0.4 is 0 Å². The minimum atomic E-state index is -5.04. The summed E-state index contributed by atoms with van der Waals surface area (Å²) >= 11 is 0. The molecule has 0 saturated heterocycles. The van der Waals surface area contributed by atoms with Crippen LogP contribution >= 0.6 is 0 Å². The standard InChI is InChI=1S/C16H14F3N3O2/c17-16(18,19)15(24)10-13(11-6-2-1-3-7-11)21-22(15)14(23)12-8-4-5-9-20-12/h1-7,9,12,24H,8,10H2. The fourth-order valence-electron chi connectivity index (χ4n) is 2.58. The molecule has 2 aliphatic heterocycles. The summed E-state index contributed by atoms with van der Waals surface area (Å²) < 4.78 is 40.3. The van der Waals surface area contributed by atoms with Gasteiger partial charge in [-0.15, -0.1) is 0 Å². The maximum atomic E-state index is 13.4. The fraction of sp³-hybridized carbons (Fsp3) is 0.312.